The van der Waals surface area contributed by atoms with Gasteiger partial charge in [0, 0.05) is 10.7 Å². The summed E-state index contributed by atoms with van der Waals surface area (Å²) in [6, 6.07) is 3.83. The first-order chi connectivity index (χ1) is 8.90. The zero-order valence-corrected chi connectivity index (χ0v) is 12.3. The number of carbonyl (C=O) groups is 1. The minimum Gasteiger partial charge on any atom is -0.493 e. The monoisotopic (exact) mass is 306 g/mol. The number of hydrogen-bond acceptors (Lipinski definition) is 5. The molecule has 5 nitrogen and oxygen atoms in total. The lowest BCUT2D eigenvalue weighted by atomic mass is 10.2. The van der Waals surface area contributed by atoms with E-state index in [4.69, 9.17) is 20.2 Å². The molecular formula is C12H15ClO5S. The van der Waals surface area contributed by atoms with Crippen molar-refractivity contribution in [1.29, 1.82) is 0 Å². The van der Waals surface area contributed by atoms with Gasteiger partial charge in [0.25, 0.3) is 9.05 Å². The minimum atomic E-state index is -3.90. The van der Waals surface area contributed by atoms with Crippen molar-refractivity contribution < 1.29 is 22.7 Å². The van der Waals surface area contributed by atoms with Gasteiger partial charge >= 0.3 is 5.97 Å². The Hall–Kier alpha value is -1.27. The molecule has 106 valence electrons. The van der Waals surface area contributed by atoms with Gasteiger partial charge in [-0.15, -0.1) is 0 Å². The predicted molar refractivity (Wildman–Crippen MR) is 71.2 cm³/mol. The molecule has 1 aromatic rings. The van der Waals surface area contributed by atoms with Gasteiger partial charge in [0.15, 0.2) is 0 Å². The van der Waals surface area contributed by atoms with E-state index in [2.05, 4.69) is 0 Å². The average molecular weight is 307 g/mol. The van der Waals surface area contributed by atoms with Crippen LogP contribution < -0.4 is 4.74 Å². The van der Waals surface area contributed by atoms with Crippen LogP contribution in [0.2, 0.25) is 0 Å². The first-order valence-corrected chi connectivity index (χ1v) is 8.09. The van der Waals surface area contributed by atoms with Gasteiger partial charge in [0.1, 0.15) is 11.3 Å². The summed E-state index contributed by atoms with van der Waals surface area (Å²) < 4.78 is 32.8. The van der Waals surface area contributed by atoms with E-state index in [0.717, 1.165) is 6.07 Å². The lowest BCUT2D eigenvalue weighted by Crippen LogP contribution is -2.09. The van der Waals surface area contributed by atoms with Gasteiger partial charge in [-0.1, -0.05) is 6.92 Å². The van der Waals surface area contributed by atoms with Crippen molar-refractivity contribution in [1.82, 2.24) is 0 Å². The van der Waals surface area contributed by atoms with Crippen LogP contribution in [-0.4, -0.2) is 27.6 Å². The van der Waals surface area contributed by atoms with Gasteiger partial charge in [-0.25, -0.2) is 13.2 Å². The van der Waals surface area contributed by atoms with Crippen LogP contribution in [0.4, 0.5) is 0 Å². The molecular weight excluding hydrogens is 292 g/mol. The maximum absolute atomic E-state index is 11.8. The Kier molecular flexibility index (Phi) is 5.62. The first kappa shape index (κ1) is 15.8. The van der Waals surface area contributed by atoms with E-state index in [1.54, 1.807) is 6.92 Å². The number of benzene rings is 1. The zero-order valence-electron chi connectivity index (χ0n) is 10.7. The smallest absolute Gasteiger partial charge is 0.341 e. The Morgan fingerprint density at radius 1 is 1.32 bits per heavy atom. The summed E-state index contributed by atoms with van der Waals surface area (Å²) >= 11 is 0. The molecule has 0 radical (unpaired) electrons. The van der Waals surface area contributed by atoms with Crippen molar-refractivity contribution in [3.8, 4) is 5.75 Å². The fourth-order valence-corrected chi connectivity index (χ4v) is 2.15. The number of hydrogen-bond donors (Lipinski definition) is 0. The molecule has 0 aliphatic carbocycles. The fourth-order valence-electron chi connectivity index (χ4n) is 1.37. The van der Waals surface area contributed by atoms with Crippen molar-refractivity contribution in [2.45, 2.75) is 25.2 Å². The van der Waals surface area contributed by atoms with Crippen LogP contribution in [0.5, 0.6) is 5.75 Å². The van der Waals surface area contributed by atoms with Crippen LogP contribution in [0.15, 0.2) is 23.1 Å². The highest BCUT2D eigenvalue weighted by atomic mass is 35.7. The molecule has 0 bridgehead atoms. The third-order valence-corrected chi connectivity index (χ3v) is 3.54. The molecule has 0 spiro atoms. The van der Waals surface area contributed by atoms with Gasteiger partial charge in [0.05, 0.1) is 18.1 Å². The molecule has 0 saturated carbocycles. The van der Waals surface area contributed by atoms with E-state index >= 15 is 0 Å². The second-order valence-corrected chi connectivity index (χ2v) is 6.23. The molecule has 0 atom stereocenters. The Bertz CT molecular complexity index is 553. The highest BCUT2D eigenvalue weighted by Crippen LogP contribution is 2.25. The Balaban J connectivity index is 3.19. The van der Waals surface area contributed by atoms with E-state index in [1.807, 2.05) is 6.92 Å². The molecule has 0 fully saturated rings. The standard InChI is InChI=1S/C12H15ClO5S/c1-3-7-18-12(14)10-8-9(19(13,15)16)5-6-11(10)17-4-2/h5-6,8H,3-4,7H2,1-2H3. The molecule has 0 unspecified atom stereocenters. The van der Waals surface area contributed by atoms with Crippen LogP contribution in [0.25, 0.3) is 0 Å². The summed E-state index contributed by atoms with van der Waals surface area (Å²) in [6.07, 6.45) is 0.670. The third kappa shape index (κ3) is 4.40. The summed E-state index contributed by atoms with van der Waals surface area (Å²) in [7, 11) is 1.35. The third-order valence-electron chi connectivity index (χ3n) is 2.19. The maximum Gasteiger partial charge on any atom is 0.341 e. The molecule has 0 heterocycles. The quantitative estimate of drug-likeness (QED) is 0.597. The summed E-state index contributed by atoms with van der Waals surface area (Å²) in [5.74, 6) is -0.361. The molecule has 1 aromatic carbocycles. The lowest BCUT2D eigenvalue weighted by molar-refractivity contribution is 0.0500. The first-order valence-electron chi connectivity index (χ1n) is 5.78. The number of rotatable bonds is 6. The van der Waals surface area contributed by atoms with Crippen LogP contribution in [0.1, 0.15) is 30.6 Å². The Labute approximate surface area is 116 Å². The van der Waals surface area contributed by atoms with E-state index < -0.39 is 15.0 Å². The van der Waals surface area contributed by atoms with Gasteiger partial charge in [-0.05, 0) is 31.5 Å². The summed E-state index contributed by atoms with van der Waals surface area (Å²) in [4.78, 5) is 11.7. The molecule has 19 heavy (non-hydrogen) atoms. The average Bonchev–Trinajstić information content (AvgIpc) is 2.35. The van der Waals surface area contributed by atoms with Crippen molar-refractivity contribution >= 4 is 25.7 Å². The van der Waals surface area contributed by atoms with Gasteiger partial charge in [0.2, 0.25) is 0 Å². The summed E-state index contributed by atoms with van der Waals surface area (Å²) in [5, 5.41) is 0. The van der Waals surface area contributed by atoms with E-state index in [9.17, 15) is 13.2 Å². The second-order valence-electron chi connectivity index (χ2n) is 3.66. The Morgan fingerprint density at radius 2 is 2.00 bits per heavy atom. The number of esters is 1. The van der Waals surface area contributed by atoms with E-state index in [1.165, 1.54) is 12.1 Å². The normalized spacial score (nSPS) is 11.1. The van der Waals surface area contributed by atoms with Crippen LogP contribution in [0.3, 0.4) is 0 Å². The van der Waals surface area contributed by atoms with Crippen molar-refractivity contribution in [2.75, 3.05) is 13.2 Å². The van der Waals surface area contributed by atoms with Crippen LogP contribution in [-0.2, 0) is 13.8 Å². The van der Waals surface area contributed by atoms with Crippen molar-refractivity contribution in [3.05, 3.63) is 23.8 Å². The maximum atomic E-state index is 11.8. The van der Waals surface area contributed by atoms with Crippen LogP contribution in [0, 0.1) is 0 Å². The van der Waals surface area contributed by atoms with Crippen molar-refractivity contribution in [2.24, 2.45) is 0 Å². The SMILES string of the molecule is CCCOC(=O)c1cc(S(=O)(=O)Cl)ccc1OCC. The number of halogens is 1. The van der Waals surface area contributed by atoms with Gasteiger partial charge in [-0.2, -0.15) is 0 Å². The number of carbonyl (C=O) groups excluding carboxylic acids is 1. The molecule has 0 aliphatic rings. The second kappa shape index (κ2) is 6.77. The molecule has 0 aromatic heterocycles. The summed E-state index contributed by atoms with van der Waals surface area (Å²) in [6.45, 7) is 4.22. The molecule has 0 saturated heterocycles. The predicted octanol–water partition coefficient (Wildman–Crippen LogP) is 2.58. The highest BCUT2D eigenvalue weighted by molar-refractivity contribution is 8.13. The largest absolute Gasteiger partial charge is 0.493 e. The van der Waals surface area contributed by atoms with Gasteiger partial charge < -0.3 is 9.47 Å². The molecule has 7 heteroatoms. The van der Waals surface area contributed by atoms with Gasteiger partial charge in [-0.3, -0.25) is 0 Å². The summed E-state index contributed by atoms with van der Waals surface area (Å²) in [5.41, 5.74) is 0.0528. The zero-order chi connectivity index (χ0) is 14.5. The molecule has 0 aliphatic heterocycles. The van der Waals surface area contributed by atoms with E-state index in [0.29, 0.717) is 13.0 Å². The highest BCUT2D eigenvalue weighted by Gasteiger charge is 2.19. The fraction of sp³-hybridized carbons (Fsp3) is 0.417. The molecule has 1 rings (SSSR count). The minimum absolute atomic E-state index is 0.0528. The van der Waals surface area contributed by atoms with E-state index in [-0.39, 0.29) is 22.8 Å². The number of ether oxygens (including phenoxy) is 2. The molecule has 0 amide bonds. The lowest BCUT2D eigenvalue weighted by Gasteiger charge is -2.10. The Morgan fingerprint density at radius 3 is 2.53 bits per heavy atom. The molecule has 0 N–H and O–H groups in total. The van der Waals surface area contributed by atoms with Crippen molar-refractivity contribution in [3.63, 3.8) is 0 Å². The topological polar surface area (TPSA) is 69.7 Å². The van der Waals surface area contributed by atoms with Crippen LogP contribution >= 0.6 is 10.7 Å².